The number of rotatable bonds is 4. The van der Waals surface area contributed by atoms with E-state index in [1.165, 1.54) is 6.07 Å². The molecule has 2 atom stereocenters. The van der Waals surface area contributed by atoms with Crippen molar-refractivity contribution in [3.8, 4) is 11.5 Å². The summed E-state index contributed by atoms with van der Waals surface area (Å²) in [6.07, 6.45) is 1.22. The van der Waals surface area contributed by atoms with E-state index < -0.39 is 6.43 Å². The first kappa shape index (κ1) is 18.1. The van der Waals surface area contributed by atoms with Crippen LogP contribution in [0.2, 0.25) is 0 Å². The summed E-state index contributed by atoms with van der Waals surface area (Å²) in [5, 5.41) is 0. The van der Waals surface area contributed by atoms with Crippen LogP contribution in [0.1, 0.15) is 36.0 Å². The highest BCUT2D eigenvalue weighted by atomic mass is 19.3. The van der Waals surface area contributed by atoms with E-state index in [2.05, 4.69) is 11.9 Å². The molecule has 1 heterocycles. The number of benzene rings is 2. The van der Waals surface area contributed by atoms with Crippen molar-refractivity contribution in [3.63, 3.8) is 0 Å². The lowest BCUT2D eigenvalue weighted by Crippen LogP contribution is -2.26. The number of aliphatic imine (C=N–C) groups is 1. The molecular weight excluding hydrogens is 336 g/mol. The fraction of sp³-hybridized carbons (Fsp3) is 0.286. The molecule has 0 spiro atoms. The van der Waals surface area contributed by atoms with Crippen molar-refractivity contribution in [1.29, 1.82) is 0 Å². The number of aryl methyl sites for hydroxylation is 1. The Morgan fingerprint density at radius 3 is 2.58 bits per heavy atom. The Morgan fingerprint density at radius 2 is 1.88 bits per heavy atom. The molecule has 1 aliphatic rings. The van der Waals surface area contributed by atoms with Gasteiger partial charge < -0.3 is 9.47 Å². The summed E-state index contributed by atoms with van der Waals surface area (Å²) < 4.78 is 37.4. The van der Waals surface area contributed by atoms with E-state index in [1.54, 1.807) is 32.4 Å². The Labute approximate surface area is 152 Å². The van der Waals surface area contributed by atoms with Crippen molar-refractivity contribution in [3.05, 3.63) is 71.4 Å². The fourth-order valence-corrected chi connectivity index (χ4v) is 3.18. The molecule has 3 nitrogen and oxygen atoms in total. The first-order valence-corrected chi connectivity index (χ1v) is 8.45. The lowest BCUT2D eigenvalue weighted by Gasteiger charge is -2.27. The fourth-order valence-electron chi connectivity index (χ4n) is 3.18. The third-order valence-corrected chi connectivity index (χ3v) is 4.56. The molecule has 5 heteroatoms. The summed E-state index contributed by atoms with van der Waals surface area (Å²) in [6.45, 7) is 3.73. The molecule has 2 aromatic carbocycles. The number of hydrogen-bond donors (Lipinski definition) is 0. The third-order valence-electron chi connectivity index (χ3n) is 4.56. The predicted molar refractivity (Wildman–Crippen MR) is 98.2 cm³/mol. The molecule has 136 valence electrons. The maximum absolute atomic E-state index is 12.9. The molecule has 0 saturated carbocycles. The van der Waals surface area contributed by atoms with Gasteiger partial charge in [-0.3, -0.25) is 0 Å². The quantitative estimate of drug-likeness (QED) is 0.706. The number of hydrogen-bond acceptors (Lipinski definition) is 3. The highest BCUT2D eigenvalue weighted by Gasteiger charge is 2.30. The number of halogens is 2. The first-order valence-electron chi connectivity index (χ1n) is 8.45. The monoisotopic (exact) mass is 357 g/mol. The number of alkyl halides is 2. The molecule has 0 radical (unpaired) electrons. The average molecular weight is 357 g/mol. The zero-order valence-electron chi connectivity index (χ0n) is 14.9. The van der Waals surface area contributed by atoms with Crippen molar-refractivity contribution < 1.29 is 18.3 Å². The molecule has 0 saturated heterocycles. The number of methoxy groups -OCH3 is 1. The minimum Gasteiger partial charge on any atom is -0.496 e. The smallest absolute Gasteiger partial charge is 0.264 e. The minimum absolute atomic E-state index is 0.0116. The van der Waals surface area contributed by atoms with Gasteiger partial charge in [0.25, 0.3) is 6.43 Å². The topological polar surface area (TPSA) is 30.8 Å². The molecule has 0 amide bonds. The van der Waals surface area contributed by atoms with Crippen molar-refractivity contribution >= 4 is 5.90 Å². The Balaban J connectivity index is 1.93. The van der Waals surface area contributed by atoms with E-state index in [0.717, 1.165) is 11.3 Å². The maximum atomic E-state index is 12.9. The van der Waals surface area contributed by atoms with Gasteiger partial charge in [0, 0.05) is 17.3 Å². The van der Waals surface area contributed by atoms with Crippen LogP contribution in [0.4, 0.5) is 8.78 Å². The van der Waals surface area contributed by atoms with Crippen LogP contribution in [0, 0.1) is 12.8 Å². The molecule has 2 unspecified atom stereocenters. The minimum atomic E-state index is -2.50. The van der Waals surface area contributed by atoms with Gasteiger partial charge in [-0.1, -0.05) is 31.2 Å². The van der Waals surface area contributed by atoms with Crippen molar-refractivity contribution in [2.75, 3.05) is 7.11 Å². The first-order chi connectivity index (χ1) is 12.5. The predicted octanol–water partition coefficient (Wildman–Crippen LogP) is 5.67. The maximum Gasteiger partial charge on any atom is 0.264 e. The second kappa shape index (κ2) is 7.68. The van der Waals surface area contributed by atoms with Gasteiger partial charge in [0.1, 0.15) is 11.5 Å². The van der Waals surface area contributed by atoms with Crippen molar-refractivity contribution in [1.82, 2.24) is 0 Å². The molecule has 0 aliphatic carbocycles. The standard InChI is InChI=1S/C21H21F2NO2/c1-13-10-11-24-21(19(13)17-6-4-5-7-18(17)25-3)26-15-8-9-16(20(22)23)14(2)12-15/h4-13,19-20H,1-3H3. The van der Waals surface area contributed by atoms with E-state index in [0.29, 0.717) is 17.2 Å². The zero-order valence-corrected chi connectivity index (χ0v) is 14.9. The van der Waals surface area contributed by atoms with Crippen LogP contribution in [0.5, 0.6) is 11.5 Å². The molecule has 0 fully saturated rings. The van der Waals surface area contributed by atoms with Crippen LogP contribution in [0.25, 0.3) is 0 Å². The second-order valence-electron chi connectivity index (χ2n) is 6.31. The largest absolute Gasteiger partial charge is 0.496 e. The molecule has 2 aromatic rings. The van der Waals surface area contributed by atoms with Gasteiger partial charge in [0.05, 0.1) is 13.0 Å². The van der Waals surface area contributed by atoms with Crippen LogP contribution in [0.3, 0.4) is 0 Å². The van der Waals surface area contributed by atoms with Crippen molar-refractivity contribution in [2.45, 2.75) is 26.2 Å². The van der Waals surface area contributed by atoms with Gasteiger partial charge in [-0.25, -0.2) is 13.8 Å². The summed E-state index contributed by atoms with van der Waals surface area (Å²) in [7, 11) is 1.63. The van der Waals surface area contributed by atoms with E-state index in [1.807, 2.05) is 30.3 Å². The zero-order chi connectivity index (χ0) is 18.7. The van der Waals surface area contributed by atoms with E-state index in [-0.39, 0.29) is 17.4 Å². The lowest BCUT2D eigenvalue weighted by molar-refractivity contribution is 0.150. The van der Waals surface area contributed by atoms with Crippen LogP contribution >= 0.6 is 0 Å². The Morgan fingerprint density at radius 1 is 1.12 bits per heavy atom. The Bertz CT molecular complexity index is 846. The summed E-state index contributed by atoms with van der Waals surface area (Å²) >= 11 is 0. The van der Waals surface area contributed by atoms with Crippen LogP contribution in [-0.2, 0) is 0 Å². The normalized spacial score (nSPS) is 19.4. The average Bonchev–Trinajstić information content (AvgIpc) is 2.62. The highest BCUT2D eigenvalue weighted by Crippen LogP contribution is 2.37. The highest BCUT2D eigenvalue weighted by molar-refractivity contribution is 5.88. The third kappa shape index (κ3) is 3.62. The van der Waals surface area contributed by atoms with Crippen LogP contribution < -0.4 is 9.47 Å². The molecule has 1 aliphatic heterocycles. The number of allylic oxidation sites excluding steroid dienone is 1. The second-order valence-corrected chi connectivity index (χ2v) is 6.31. The lowest BCUT2D eigenvalue weighted by atomic mass is 9.85. The summed E-state index contributed by atoms with van der Waals surface area (Å²) in [6, 6.07) is 12.3. The molecule has 0 bridgehead atoms. The molecule has 0 N–H and O–H groups in total. The Kier molecular flexibility index (Phi) is 5.35. The van der Waals surface area contributed by atoms with Crippen LogP contribution in [0.15, 0.2) is 59.7 Å². The molecular formula is C21H21F2NO2. The van der Waals surface area contributed by atoms with Gasteiger partial charge in [-0.05, 0) is 42.7 Å². The van der Waals surface area contributed by atoms with E-state index >= 15 is 0 Å². The molecule has 3 rings (SSSR count). The Hall–Kier alpha value is -2.69. The van der Waals surface area contributed by atoms with Gasteiger partial charge in [0.2, 0.25) is 5.90 Å². The number of para-hydroxylation sites is 1. The van der Waals surface area contributed by atoms with E-state index in [4.69, 9.17) is 9.47 Å². The summed E-state index contributed by atoms with van der Waals surface area (Å²) in [5.74, 6) is 1.81. The van der Waals surface area contributed by atoms with Crippen LogP contribution in [-0.4, -0.2) is 13.0 Å². The van der Waals surface area contributed by atoms with Gasteiger partial charge in [0.15, 0.2) is 0 Å². The van der Waals surface area contributed by atoms with Gasteiger partial charge in [-0.2, -0.15) is 0 Å². The summed E-state index contributed by atoms with van der Waals surface area (Å²) in [4.78, 5) is 4.41. The van der Waals surface area contributed by atoms with Crippen molar-refractivity contribution in [2.24, 2.45) is 10.9 Å². The van der Waals surface area contributed by atoms with Gasteiger partial charge in [-0.15, -0.1) is 0 Å². The summed E-state index contributed by atoms with van der Waals surface area (Å²) in [5.41, 5.74) is 1.48. The SMILES string of the molecule is COc1ccccc1C1C(Oc2ccc(C(F)F)c(C)c2)=NC=CC1C. The molecule has 26 heavy (non-hydrogen) atoms. The van der Waals surface area contributed by atoms with Gasteiger partial charge >= 0.3 is 0 Å². The number of ether oxygens (including phenoxy) is 2. The van der Waals surface area contributed by atoms with E-state index in [9.17, 15) is 8.78 Å². The number of nitrogens with zero attached hydrogens (tertiary/aromatic N) is 1. The molecule has 0 aromatic heterocycles.